The first-order valence-electron chi connectivity index (χ1n) is 11.8. The minimum Gasteiger partial charge on any atom is -0.862 e. The Morgan fingerprint density at radius 1 is 0.931 bits per heavy atom. The fraction of sp³-hybridized carbons (Fsp3) is 0.731. The highest BCUT2D eigenvalue weighted by molar-refractivity contribution is 5.73. The third kappa shape index (κ3) is 8.12. The Labute approximate surface area is 179 Å². The molecular weight excluding hydrogens is 356 g/mol. The van der Waals surface area contributed by atoms with E-state index in [1.165, 1.54) is 60.0 Å². The second kappa shape index (κ2) is 11.7. The van der Waals surface area contributed by atoms with Gasteiger partial charge in [-0.1, -0.05) is 34.9 Å². The SMILES string of the molecule is CC(C)=CCC/C(C)=C/CC/C(C)=C/CC([O-])=NC[C@@H]1CC[N@+]2(C)CCCC[C@H]12. The van der Waals surface area contributed by atoms with Crippen molar-refractivity contribution in [1.82, 2.24) is 0 Å². The Morgan fingerprint density at radius 2 is 1.62 bits per heavy atom. The maximum atomic E-state index is 12.3. The van der Waals surface area contributed by atoms with Crippen molar-refractivity contribution in [2.75, 3.05) is 26.7 Å². The highest BCUT2D eigenvalue weighted by atomic mass is 16.3. The Hall–Kier alpha value is -1.35. The van der Waals surface area contributed by atoms with Crippen LogP contribution in [0.4, 0.5) is 0 Å². The molecule has 0 aromatic rings. The molecule has 3 atom stereocenters. The van der Waals surface area contributed by atoms with Crippen LogP contribution >= 0.6 is 0 Å². The van der Waals surface area contributed by atoms with E-state index in [2.05, 4.69) is 58.0 Å². The predicted molar refractivity (Wildman–Crippen MR) is 124 cm³/mol. The van der Waals surface area contributed by atoms with Crippen LogP contribution in [0.15, 0.2) is 39.9 Å². The zero-order valence-electron chi connectivity index (χ0n) is 19.7. The first-order valence-corrected chi connectivity index (χ1v) is 11.8. The normalized spacial score (nSPS) is 28.4. The zero-order valence-corrected chi connectivity index (χ0v) is 19.7. The summed E-state index contributed by atoms with van der Waals surface area (Å²) in [6, 6.07) is 0.740. The number of rotatable bonds is 10. The monoisotopic (exact) mass is 400 g/mol. The predicted octanol–water partition coefficient (Wildman–Crippen LogP) is 5.57. The van der Waals surface area contributed by atoms with Crippen LogP contribution in [-0.2, 0) is 0 Å². The van der Waals surface area contributed by atoms with E-state index in [1.54, 1.807) is 0 Å². The minimum absolute atomic E-state index is 0.0645. The molecule has 0 bridgehead atoms. The number of hydrogen-bond acceptors (Lipinski definition) is 2. The van der Waals surface area contributed by atoms with Gasteiger partial charge in [-0.25, -0.2) is 0 Å². The van der Waals surface area contributed by atoms with Crippen LogP contribution in [0.25, 0.3) is 0 Å². The molecule has 0 saturated carbocycles. The third-order valence-electron chi connectivity index (χ3n) is 7.02. The number of quaternary nitrogens is 1. The fourth-order valence-corrected chi connectivity index (χ4v) is 5.08. The van der Waals surface area contributed by atoms with Gasteiger partial charge in [-0.15, -0.1) is 0 Å². The van der Waals surface area contributed by atoms with E-state index in [0.29, 0.717) is 12.3 Å². The van der Waals surface area contributed by atoms with E-state index in [4.69, 9.17) is 0 Å². The molecular formula is C26H44N2O. The van der Waals surface area contributed by atoms with Gasteiger partial charge in [0.15, 0.2) is 0 Å². The summed E-state index contributed by atoms with van der Waals surface area (Å²) in [5.74, 6) is 0.684. The lowest BCUT2D eigenvalue weighted by Gasteiger charge is -2.41. The van der Waals surface area contributed by atoms with Crippen LogP contribution in [0.5, 0.6) is 0 Å². The Bertz CT molecular complexity index is 639. The van der Waals surface area contributed by atoms with Crippen molar-refractivity contribution in [1.29, 1.82) is 0 Å². The minimum atomic E-state index is 0.0645. The molecule has 0 N–H and O–H groups in total. The van der Waals surface area contributed by atoms with E-state index in [9.17, 15) is 5.11 Å². The molecule has 2 aliphatic heterocycles. The topological polar surface area (TPSA) is 35.4 Å². The van der Waals surface area contributed by atoms with Gasteiger partial charge in [0.1, 0.15) is 0 Å². The number of nitrogens with zero attached hydrogens (tertiary/aromatic N) is 2. The van der Waals surface area contributed by atoms with Crippen molar-refractivity contribution < 1.29 is 9.59 Å². The summed E-state index contributed by atoms with van der Waals surface area (Å²) in [6.45, 7) is 12.0. The number of hydrogen-bond donors (Lipinski definition) is 0. The summed E-state index contributed by atoms with van der Waals surface area (Å²) in [7, 11) is 2.41. The van der Waals surface area contributed by atoms with E-state index in [1.807, 2.05) is 0 Å². The molecule has 29 heavy (non-hydrogen) atoms. The molecule has 2 fully saturated rings. The van der Waals surface area contributed by atoms with Gasteiger partial charge in [0.2, 0.25) is 0 Å². The largest absolute Gasteiger partial charge is 0.862 e. The van der Waals surface area contributed by atoms with Crippen LogP contribution in [-0.4, -0.2) is 43.1 Å². The molecule has 3 nitrogen and oxygen atoms in total. The molecule has 0 unspecified atom stereocenters. The van der Waals surface area contributed by atoms with E-state index < -0.39 is 0 Å². The average molecular weight is 401 g/mol. The van der Waals surface area contributed by atoms with Crippen molar-refractivity contribution in [3.63, 3.8) is 0 Å². The van der Waals surface area contributed by atoms with Crippen LogP contribution < -0.4 is 5.11 Å². The lowest BCUT2D eigenvalue weighted by Crippen LogP contribution is -2.52. The molecule has 0 radical (unpaired) electrons. The van der Waals surface area contributed by atoms with Gasteiger partial charge in [0, 0.05) is 25.3 Å². The molecule has 0 aliphatic carbocycles. The summed E-state index contributed by atoms with van der Waals surface area (Å²) < 4.78 is 1.23. The smallest absolute Gasteiger partial charge is 0.0936 e. The molecule has 164 valence electrons. The van der Waals surface area contributed by atoms with E-state index in [0.717, 1.165) is 38.3 Å². The van der Waals surface area contributed by atoms with Crippen LogP contribution in [0.1, 0.15) is 85.5 Å². The lowest BCUT2D eigenvalue weighted by atomic mass is 9.92. The van der Waals surface area contributed by atoms with Gasteiger partial charge in [0.25, 0.3) is 0 Å². The average Bonchev–Trinajstić information content (AvgIpc) is 3.01. The second-order valence-electron chi connectivity index (χ2n) is 9.94. The maximum Gasteiger partial charge on any atom is 0.0936 e. The lowest BCUT2D eigenvalue weighted by molar-refractivity contribution is -0.927. The number of aliphatic imine (C=N–C) groups is 1. The van der Waals surface area contributed by atoms with Crippen molar-refractivity contribution >= 4 is 5.90 Å². The van der Waals surface area contributed by atoms with Crippen molar-refractivity contribution in [2.24, 2.45) is 10.9 Å². The summed E-state index contributed by atoms with van der Waals surface area (Å²) in [5, 5.41) is 12.3. The van der Waals surface area contributed by atoms with Crippen molar-refractivity contribution in [3.8, 4) is 0 Å². The molecule has 3 heteroatoms. The third-order valence-corrected chi connectivity index (χ3v) is 7.02. The van der Waals surface area contributed by atoms with Crippen LogP contribution in [0.3, 0.4) is 0 Å². The van der Waals surface area contributed by atoms with E-state index in [-0.39, 0.29) is 5.90 Å². The summed E-state index contributed by atoms with van der Waals surface area (Å²) in [4.78, 5) is 4.45. The van der Waals surface area contributed by atoms with Gasteiger partial charge >= 0.3 is 0 Å². The summed E-state index contributed by atoms with van der Waals surface area (Å²) >= 11 is 0. The van der Waals surface area contributed by atoms with Gasteiger partial charge in [0.05, 0.1) is 26.2 Å². The van der Waals surface area contributed by atoms with Crippen molar-refractivity contribution in [2.45, 2.75) is 91.5 Å². The first-order chi connectivity index (χ1) is 13.8. The van der Waals surface area contributed by atoms with Gasteiger partial charge in [-0.3, -0.25) is 0 Å². The summed E-state index contributed by atoms with van der Waals surface area (Å²) in [6.07, 6.45) is 16.9. The molecule has 2 heterocycles. The Morgan fingerprint density at radius 3 is 2.34 bits per heavy atom. The zero-order chi connectivity index (χ0) is 21.3. The number of allylic oxidation sites excluding steroid dienone is 5. The Balaban J connectivity index is 1.71. The molecule has 0 aromatic heterocycles. The fourth-order valence-electron chi connectivity index (χ4n) is 5.08. The second-order valence-corrected chi connectivity index (χ2v) is 9.94. The first kappa shape index (κ1) is 23.9. The molecule has 2 rings (SSSR count). The highest BCUT2D eigenvalue weighted by Crippen LogP contribution is 2.37. The quantitative estimate of drug-likeness (QED) is 0.204. The molecule has 0 spiro atoms. The van der Waals surface area contributed by atoms with E-state index >= 15 is 0 Å². The van der Waals surface area contributed by atoms with Crippen LogP contribution in [0.2, 0.25) is 0 Å². The molecule has 0 amide bonds. The van der Waals surface area contributed by atoms with Gasteiger partial charge in [-0.05, 0) is 78.5 Å². The van der Waals surface area contributed by atoms with Gasteiger partial charge in [-0.2, -0.15) is 0 Å². The molecule has 2 saturated heterocycles. The molecule has 2 aliphatic rings. The standard InChI is InChI=1S/C26H44N2O/c1-21(2)10-8-11-22(3)12-9-13-23(4)15-16-26(29)27-20-24-17-19-28(5)18-7-6-14-25(24)28/h10,12,15,24-25H,6-9,11,13-14,16-20H2,1-5H3/b22-12+,23-15+/t24-,25+,28-/m0/s1. The van der Waals surface area contributed by atoms with Crippen molar-refractivity contribution in [3.05, 3.63) is 34.9 Å². The highest BCUT2D eigenvalue weighted by Gasteiger charge is 2.46. The summed E-state index contributed by atoms with van der Waals surface area (Å²) in [5.41, 5.74) is 4.16. The number of piperidine rings is 1. The number of fused-ring (bicyclic) bond motifs is 1. The van der Waals surface area contributed by atoms with Gasteiger partial charge < -0.3 is 14.6 Å². The molecule has 0 aromatic carbocycles. The van der Waals surface area contributed by atoms with Crippen LogP contribution in [0, 0.1) is 5.92 Å². The Kier molecular flexibility index (Phi) is 9.68. The maximum absolute atomic E-state index is 12.3.